The van der Waals surface area contributed by atoms with Gasteiger partial charge in [0.05, 0.1) is 9.92 Å². The van der Waals surface area contributed by atoms with E-state index >= 15 is 0 Å². The first-order chi connectivity index (χ1) is 17.0. The Labute approximate surface area is 213 Å². The SMILES string of the molecule is Cc1ccc(S(=O)(=O)N[C@H](C)C(=O)Oc2cc3oc(=O)c(Cc4ccccc4)c(C)c3cc2Cl)cc1. The second-order valence-corrected chi connectivity index (χ2v) is 10.6. The smallest absolute Gasteiger partial charge is 0.340 e. The Morgan fingerprint density at radius 2 is 1.72 bits per heavy atom. The van der Waals surface area contributed by atoms with Gasteiger partial charge in [0.15, 0.2) is 5.75 Å². The molecule has 0 spiro atoms. The van der Waals surface area contributed by atoms with Gasteiger partial charge >= 0.3 is 11.6 Å². The van der Waals surface area contributed by atoms with Crippen molar-refractivity contribution in [2.75, 3.05) is 0 Å². The molecule has 0 saturated carbocycles. The zero-order valence-corrected chi connectivity index (χ0v) is 21.4. The fourth-order valence-corrected chi connectivity index (χ4v) is 5.13. The van der Waals surface area contributed by atoms with E-state index in [1.54, 1.807) is 18.2 Å². The van der Waals surface area contributed by atoms with Crippen molar-refractivity contribution >= 4 is 38.6 Å². The van der Waals surface area contributed by atoms with Crippen LogP contribution in [0.15, 0.2) is 80.8 Å². The summed E-state index contributed by atoms with van der Waals surface area (Å²) in [5, 5.41) is 0.727. The second-order valence-electron chi connectivity index (χ2n) is 8.51. The second kappa shape index (κ2) is 10.3. The lowest BCUT2D eigenvalue weighted by Crippen LogP contribution is -2.40. The molecular formula is C27H24ClNO6S. The molecule has 0 amide bonds. The predicted octanol–water partition coefficient (Wildman–Crippen LogP) is 4.93. The van der Waals surface area contributed by atoms with Gasteiger partial charge in [-0.25, -0.2) is 18.0 Å². The number of nitrogens with one attached hydrogen (secondary N) is 1. The van der Waals surface area contributed by atoms with E-state index in [0.717, 1.165) is 11.1 Å². The highest BCUT2D eigenvalue weighted by molar-refractivity contribution is 7.89. The molecule has 3 aromatic carbocycles. The maximum atomic E-state index is 12.7. The molecule has 0 aliphatic heterocycles. The summed E-state index contributed by atoms with van der Waals surface area (Å²) in [7, 11) is -3.94. The van der Waals surface area contributed by atoms with Gasteiger partial charge in [0.1, 0.15) is 11.6 Å². The molecule has 0 aliphatic rings. The third-order valence-corrected chi connectivity index (χ3v) is 7.64. The van der Waals surface area contributed by atoms with Crippen molar-refractivity contribution < 1.29 is 22.4 Å². The lowest BCUT2D eigenvalue weighted by Gasteiger charge is -2.15. The van der Waals surface area contributed by atoms with E-state index in [1.165, 1.54) is 25.1 Å². The van der Waals surface area contributed by atoms with E-state index in [1.807, 2.05) is 44.2 Å². The van der Waals surface area contributed by atoms with Gasteiger partial charge in [-0.3, -0.25) is 0 Å². The zero-order chi connectivity index (χ0) is 26.0. The van der Waals surface area contributed by atoms with Gasteiger partial charge in [-0.1, -0.05) is 59.6 Å². The summed E-state index contributed by atoms with van der Waals surface area (Å²) in [6.07, 6.45) is 0.401. The van der Waals surface area contributed by atoms with Gasteiger partial charge in [-0.15, -0.1) is 0 Å². The normalized spacial score (nSPS) is 12.4. The molecule has 9 heteroatoms. The number of esters is 1. The minimum Gasteiger partial charge on any atom is -0.424 e. The first kappa shape index (κ1) is 25.6. The number of hydrogen-bond donors (Lipinski definition) is 1. The van der Waals surface area contributed by atoms with Crippen molar-refractivity contribution in [1.29, 1.82) is 0 Å². The molecule has 1 heterocycles. The minimum atomic E-state index is -3.94. The highest BCUT2D eigenvalue weighted by Gasteiger charge is 2.25. The summed E-state index contributed by atoms with van der Waals surface area (Å²) in [4.78, 5) is 25.4. The zero-order valence-electron chi connectivity index (χ0n) is 19.9. The number of halogens is 1. The van der Waals surface area contributed by atoms with Gasteiger partial charge in [0.2, 0.25) is 10.0 Å². The third-order valence-electron chi connectivity index (χ3n) is 5.79. The molecule has 1 atom stereocenters. The molecule has 0 fully saturated rings. The molecule has 4 rings (SSSR count). The van der Waals surface area contributed by atoms with E-state index in [2.05, 4.69) is 4.72 Å². The quantitative estimate of drug-likeness (QED) is 0.208. The molecule has 0 bridgehead atoms. The number of carbonyl (C=O) groups is 1. The van der Waals surface area contributed by atoms with Crippen LogP contribution in [0.2, 0.25) is 5.02 Å². The van der Waals surface area contributed by atoms with Crippen LogP contribution >= 0.6 is 11.6 Å². The van der Waals surface area contributed by atoms with Crippen LogP contribution in [0.1, 0.15) is 29.2 Å². The Hall–Kier alpha value is -3.46. The van der Waals surface area contributed by atoms with Crippen LogP contribution < -0.4 is 15.1 Å². The summed E-state index contributed by atoms with van der Waals surface area (Å²) in [6.45, 7) is 5.01. The maximum absolute atomic E-state index is 12.7. The number of carbonyl (C=O) groups excluding carboxylic acids is 1. The molecule has 7 nitrogen and oxygen atoms in total. The Balaban J connectivity index is 1.57. The number of sulfonamides is 1. The molecule has 4 aromatic rings. The summed E-state index contributed by atoms with van der Waals surface area (Å²) in [5.74, 6) is -0.916. The van der Waals surface area contributed by atoms with E-state index in [4.69, 9.17) is 20.8 Å². The summed E-state index contributed by atoms with van der Waals surface area (Å²) >= 11 is 6.38. The molecule has 186 valence electrons. The number of fused-ring (bicyclic) bond motifs is 1. The Bertz CT molecular complexity index is 1600. The fourth-order valence-electron chi connectivity index (χ4n) is 3.74. The highest BCUT2D eigenvalue weighted by Crippen LogP contribution is 2.32. The van der Waals surface area contributed by atoms with Crippen LogP contribution in [0.5, 0.6) is 5.75 Å². The average molecular weight is 526 g/mol. The monoisotopic (exact) mass is 525 g/mol. The molecule has 1 aromatic heterocycles. The lowest BCUT2D eigenvalue weighted by molar-refractivity contribution is -0.135. The summed E-state index contributed by atoms with van der Waals surface area (Å²) in [6, 6.07) is 17.5. The van der Waals surface area contributed by atoms with Crippen LogP contribution in [0.3, 0.4) is 0 Å². The number of benzene rings is 3. The van der Waals surface area contributed by atoms with E-state index < -0.39 is 27.7 Å². The maximum Gasteiger partial charge on any atom is 0.340 e. The van der Waals surface area contributed by atoms with Crippen molar-refractivity contribution in [3.63, 3.8) is 0 Å². The third kappa shape index (κ3) is 5.51. The summed E-state index contributed by atoms with van der Waals surface area (Å²) in [5.41, 5.74) is 2.79. The Morgan fingerprint density at radius 3 is 2.39 bits per heavy atom. The first-order valence-corrected chi connectivity index (χ1v) is 13.0. The van der Waals surface area contributed by atoms with Gasteiger partial charge in [0.25, 0.3) is 0 Å². The van der Waals surface area contributed by atoms with Crippen LogP contribution in [-0.4, -0.2) is 20.4 Å². The van der Waals surface area contributed by atoms with Crippen LogP contribution in [0.4, 0.5) is 0 Å². The molecular weight excluding hydrogens is 502 g/mol. The number of rotatable bonds is 7. The fraction of sp³-hybridized carbons (Fsp3) is 0.185. The van der Waals surface area contributed by atoms with E-state index in [0.29, 0.717) is 22.9 Å². The van der Waals surface area contributed by atoms with Gasteiger partial charge in [-0.2, -0.15) is 4.72 Å². The number of aryl methyl sites for hydroxylation is 2. The summed E-state index contributed by atoms with van der Waals surface area (Å²) < 4.78 is 38.4. The van der Waals surface area contributed by atoms with Crippen molar-refractivity contribution in [3.8, 4) is 5.75 Å². The van der Waals surface area contributed by atoms with Crippen LogP contribution in [-0.2, 0) is 21.2 Å². The van der Waals surface area contributed by atoms with Crippen molar-refractivity contribution in [3.05, 3.63) is 104 Å². The Kier molecular flexibility index (Phi) is 7.31. The number of hydrogen-bond acceptors (Lipinski definition) is 6. The number of ether oxygens (including phenoxy) is 1. The van der Waals surface area contributed by atoms with Crippen LogP contribution in [0, 0.1) is 13.8 Å². The first-order valence-electron chi connectivity index (χ1n) is 11.2. The molecule has 36 heavy (non-hydrogen) atoms. The molecule has 0 unspecified atom stereocenters. The van der Waals surface area contributed by atoms with Crippen molar-refractivity contribution in [2.24, 2.45) is 0 Å². The lowest BCUT2D eigenvalue weighted by atomic mass is 9.99. The molecule has 0 saturated heterocycles. The molecule has 0 aliphatic carbocycles. The van der Waals surface area contributed by atoms with Gasteiger partial charge in [-0.05, 0) is 50.1 Å². The van der Waals surface area contributed by atoms with E-state index in [9.17, 15) is 18.0 Å². The van der Waals surface area contributed by atoms with Gasteiger partial charge < -0.3 is 9.15 Å². The standard InChI is InChI=1S/C27H24ClNO6S/c1-16-9-11-20(12-10-16)36(32,33)29-18(3)26(30)35-25-15-24-21(14-23(25)28)17(2)22(27(31)34-24)13-19-7-5-4-6-8-19/h4-12,14-15,18,29H,13H2,1-3H3/t18-/m1/s1. The van der Waals surface area contributed by atoms with Crippen LogP contribution in [0.25, 0.3) is 11.0 Å². The Morgan fingerprint density at radius 1 is 1.06 bits per heavy atom. The molecule has 1 N–H and O–H groups in total. The van der Waals surface area contributed by atoms with Crippen molar-refractivity contribution in [1.82, 2.24) is 4.72 Å². The largest absolute Gasteiger partial charge is 0.424 e. The van der Waals surface area contributed by atoms with Crippen molar-refractivity contribution in [2.45, 2.75) is 38.1 Å². The van der Waals surface area contributed by atoms with Gasteiger partial charge in [0, 0.05) is 23.4 Å². The molecule has 0 radical (unpaired) electrons. The van der Waals surface area contributed by atoms with E-state index in [-0.39, 0.29) is 21.3 Å². The topological polar surface area (TPSA) is 103 Å². The predicted molar refractivity (Wildman–Crippen MR) is 138 cm³/mol. The minimum absolute atomic E-state index is 0.0278. The average Bonchev–Trinajstić information content (AvgIpc) is 2.83. The highest BCUT2D eigenvalue weighted by atomic mass is 35.5.